The maximum atomic E-state index is 7.16. The van der Waals surface area contributed by atoms with E-state index >= 15 is 0 Å². The van der Waals surface area contributed by atoms with Crippen molar-refractivity contribution in [3.8, 4) is 0 Å². The highest BCUT2D eigenvalue weighted by Gasteiger charge is 2.38. The maximum Gasteiger partial charge on any atom is 0.147 e. The standard InChI is InChI=1S/C50H30O2/c1-2-14-32-27-33(22-21-29(32)11-1)44-36-17-7-9-19-38(36)45(39-20-10-8-18-37(39)44)46-49-42(40-25-23-30-12-3-5-15-34(30)47(40)51-49)28-43-41-26-24-31-13-4-6-16-35(31)48(41)52-50(43)46/h1-28,36,44H. The fraction of sp³-hybridized carbons (Fsp3) is 0.0400. The zero-order valence-corrected chi connectivity index (χ0v) is 28.1. The van der Waals surface area contributed by atoms with Crippen LogP contribution < -0.4 is 0 Å². The number of hydrogen-bond acceptors (Lipinski definition) is 2. The third kappa shape index (κ3) is 3.79. The number of fused-ring (bicyclic) bond motifs is 13. The van der Waals surface area contributed by atoms with Gasteiger partial charge in [0.2, 0.25) is 0 Å². The van der Waals surface area contributed by atoms with Crippen molar-refractivity contribution in [1.82, 2.24) is 0 Å². The van der Waals surface area contributed by atoms with Crippen LogP contribution in [0.2, 0.25) is 0 Å². The molecule has 2 atom stereocenters. The highest BCUT2D eigenvalue weighted by molar-refractivity contribution is 6.25. The van der Waals surface area contributed by atoms with E-state index in [2.05, 4.69) is 170 Å². The molecule has 8 aromatic carbocycles. The highest BCUT2D eigenvalue weighted by atomic mass is 16.3. The summed E-state index contributed by atoms with van der Waals surface area (Å²) in [4.78, 5) is 0. The van der Waals surface area contributed by atoms with Gasteiger partial charge in [0.25, 0.3) is 0 Å². The fourth-order valence-electron chi connectivity index (χ4n) is 9.33. The molecule has 0 N–H and O–H groups in total. The van der Waals surface area contributed by atoms with Crippen LogP contribution in [-0.2, 0) is 0 Å². The Morgan fingerprint density at radius 3 is 1.73 bits per heavy atom. The molecule has 0 saturated heterocycles. The first-order valence-electron chi connectivity index (χ1n) is 18.1. The van der Waals surface area contributed by atoms with Gasteiger partial charge in [-0.15, -0.1) is 0 Å². The second-order valence-corrected chi connectivity index (χ2v) is 14.3. The largest absolute Gasteiger partial charge is 0.455 e. The topological polar surface area (TPSA) is 26.3 Å². The van der Waals surface area contributed by atoms with E-state index in [1.165, 1.54) is 49.4 Å². The fourth-order valence-corrected chi connectivity index (χ4v) is 9.33. The minimum Gasteiger partial charge on any atom is -0.455 e. The van der Waals surface area contributed by atoms with E-state index in [1.807, 2.05) is 0 Å². The van der Waals surface area contributed by atoms with Crippen LogP contribution in [0.15, 0.2) is 184 Å². The molecule has 0 fully saturated rings. The van der Waals surface area contributed by atoms with Gasteiger partial charge in [0.15, 0.2) is 0 Å². The van der Waals surface area contributed by atoms with Gasteiger partial charge in [-0.25, -0.2) is 0 Å². The van der Waals surface area contributed by atoms with Crippen LogP contribution in [0.3, 0.4) is 0 Å². The molecule has 10 aromatic rings. The molecular formula is C50H30O2. The van der Waals surface area contributed by atoms with Crippen molar-refractivity contribution in [1.29, 1.82) is 0 Å². The maximum absolute atomic E-state index is 7.16. The summed E-state index contributed by atoms with van der Waals surface area (Å²) in [5.41, 5.74) is 10.9. The van der Waals surface area contributed by atoms with E-state index in [0.717, 1.165) is 60.2 Å². The SMILES string of the molecule is C1=CC2=C(c3c4oc5c6ccccc6ccc5c4cc4c3oc3c5ccccc5ccc43)c3ccccc3C(c3ccc4ccccc4c3)C2C=C1. The number of benzene rings is 8. The number of furan rings is 2. The van der Waals surface area contributed by atoms with Gasteiger partial charge in [0.1, 0.15) is 22.3 Å². The predicted molar refractivity (Wildman–Crippen MR) is 216 cm³/mol. The summed E-state index contributed by atoms with van der Waals surface area (Å²) in [6.45, 7) is 0. The smallest absolute Gasteiger partial charge is 0.147 e. The lowest BCUT2D eigenvalue weighted by Gasteiger charge is -2.36. The molecule has 2 aromatic heterocycles. The normalized spacial score (nSPS) is 17.0. The van der Waals surface area contributed by atoms with Gasteiger partial charge in [0, 0.05) is 49.7 Å². The summed E-state index contributed by atoms with van der Waals surface area (Å²) in [6.07, 6.45) is 9.11. The van der Waals surface area contributed by atoms with Crippen molar-refractivity contribution >= 4 is 81.8 Å². The van der Waals surface area contributed by atoms with Crippen molar-refractivity contribution in [2.24, 2.45) is 5.92 Å². The minimum atomic E-state index is 0.122. The van der Waals surface area contributed by atoms with Gasteiger partial charge in [-0.05, 0) is 62.0 Å². The summed E-state index contributed by atoms with van der Waals surface area (Å²) in [6, 6.07) is 52.9. The molecule has 0 bridgehead atoms. The second-order valence-electron chi connectivity index (χ2n) is 14.3. The summed E-state index contributed by atoms with van der Waals surface area (Å²) in [5.74, 6) is 0.270. The van der Waals surface area contributed by atoms with Gasteiger partial charge in [-0.1, -0.05) is 152 Å². The van der Waals surface area contributed by atoms with Gasteiger partial charge in [0.05, 0.1) is 5.56 Å². The molecule has 2 aliphatic rings. The van der Waals surface area contributed by atoms with Crippen LogP contribution in [-0.4, -0.2) is 0 Å². The molecule has 0 amide bonds. The molecule has 52 heavy (non-hydrogen) atoms. The molecule has 12 rings (SSSR count). The monoisotopic (exact) mass is 662 g/mol. The Labute approximate surface area is 299 Å². The molecule has 0 spiro atoms. The number of rotatable bonds is 2. The van der Waals surface area contributed by atoms with Gasteiger partial charge >= 0.3 is 0 Å². The summed E-state index contributed by atoms with van der Waals surface area (Å²) in [5, 5.41) is 11.5. The third-order valence-corrected chi connectivity index (χ3v) is 11.6. The van der Waals surface area contributed by atoms with Crippen molar-refractivity contribution in [2.75, 3.05) is 0 Å². The van der Waals surface area contributed by atoms with Gasteiger partial charge in [-0.3, -0.25) is 0 Å². The van der Waals surface area contributed by atoms with E-state index in [0.29, 0.717) is 0 Å². The summed E-state index contributed by atoms with van der Waals surface area (Å²) < 4.78 is 14.3. The highest BCUT2D eigenvalue weighted by Crippen LogP contribution is 2.54. The van der Waals surface area contributed by atoms with Crippen LogP contribution in [0.1, 0.15) is 28.2 Å². The van der Waals surface area contributed by atoms with E-state index in [4.69, 9.17) is 8.83 Å². The lowest BCUT2D eigenvalue weighted by molar-refractivity contribution is 0.643. The Morgan fingerprint density at radius 1 is 0.423 bits per heavy atom. The number of hydrogen-bond donors (Lipinski definition) is 0. The molecule has 2 aliphatic carbocycles. The first-order chi connectivity index (χ1) is 25.8. The van der Waals surface area contributed by atoms with E-state index in [9.17, 15) is 0 Å². The van der Waals surface area contributed by atoms with Crippen LogP contribution in [0.5, 0.6) is 0 Å². The predicted octanol–water partition coefficient (Wildman–Crippen LogP) is 13.6. The molecule has 242 valence electrons. The first kappa shape index (κ1) is 28.1. The van der Waals surface area contributed by atoms with E-state index in [-0.39, 0.29) is 11.8 Å². The van der Waals surface area contributed by atoms with Gasteiger partial charge < -0.3 is 8.83 Å². The molecule has 0 saturated carbocycles. The third-order valence-electron chi connectivity index (χ3n) is 11.6. The van der Waals surface area contributed by atoms with E-state index in [1.54, 1.807) is 0 Å². The zero-order valence-electron chi connectivity index (χ0n) is 28.1. The van der Waals surface area contributed by atoms with Crippen molar-refractivity contribution in [3.63, 3.8) is 0 Å². The molecule has 2 nitrogen and oxygen atoms in total. The van der Waals surface area contributed by atoms with Gasteiger partial charge in [-0.2, -0.15) is 0 Å². The Morgan fingerprint density at radius 2 is 1.02 bits per heavy atom. The molecular weight excluding hydrogens is 633 g/mol. The Balaban J connectivity index is 1.24. The lowest BCUT2D eigenvalue weighted by atomic mass is 9.66. The Bertz CT molecular complexity index is 3120. The molecule has 0 aliphatic heterocycles. The molecule has 2 unspecified atom stereocenters. The minimum absolute atomic E-state index is 0.122. The summed E-state index contributed by atoms with van der Waals surface area (Å²) in [7, 11) is 0. The second kappa shape index (κ2) is 10.4. The van der Waals surface area contributed by atoms with Crippen molar-refractivity contribution < 1.29 is 8.83 Å². The van der Waals surface area contributed by atoms with Crippen LogP contribution >= 0.6 is 0 Å². The Hall–Kier alpha value is -6.64. The van der Waals surface area contributed by atoms with Crippen molar-refractivity contribution in [3.05, 3.63) is 198 Å². The average molecular weight is 663 g/mol. The zero-order chi connectivity index (χ0) is 33.9. The summed E-state index contributed by atoms with van der Waals surface area (Å²) >= 11 is 0. The number of allylic oxidation sites excluding steroid dienone is 5. The quantitative estimate of drug-likeness (QED) is 0.184. The van der Waals surface area contributed by atoms with Crippen molar-refractivity contribution in [2.45, 2.75) is 5.92 Å². The van der Waals surface area contributed by atoms with Crippen LogP contribution in [0, 0.1) is 5.92 Å². The van der Waals surface area contributed by atoms with Crippen LogP contribution in [0.25, 0.3) is 81.8 Å². The van der Waals surface area contributed by atoms with E-state index < -0.39 is 0 Å². The molecule has 2 heteroatoms. The lowest BCUT2D eigenvalue weighted by Crippen LogP contribution is -2.23. The molecule has 2 heterocycles. The first-order valence-corrected chi connectivity index (χ1v) is 18.1. The Kier molecular flexibility index (Phi) is 5.64. The molecule has 0 radical (unpaired) electrons. The van der Waals surface area contributed by atoms with Crippen LogP contribution in [0.4, 0.5) is 0 Å². The average Bonchev–Trinajstić information content (AvgIpc) is 3.78.